The van der Waals surface area contributed by atoms with Crippen molar-refractivity contribution in [3.05, 3.63) is 0 Å². The second-order valence-electron chi connectivity index (χ2n) is 4.64. The van der Waals surface area contributed by atoms with E-state index in [1.54, 1.807) is 0 Å². The minimum atomic E-state index is 0.359. The van der Waals surface area contributed by atoms with E-state index in [4.69, 9.17) is 0 Å². The fourth-order valence-corrected chi connectivity index (χ4v) is 2.14. The highest BCUT2D eigenvalue weighted by Crippen LogP contribution is 2.30. The molecule has 0 aromatic heterocycles. The lowest BCUT2D eigenvalue weighted by atomic mass is 10.0. The zero-order valence-electron chi connectivity index (χ0n) is 8.96. The number of carbonyl (C=O) groups excluding carboxylic acids is 1. The molecule has 0 spiro atoms. The summed E-state index contributed by atoms with van der Waals surface area (Å²) in [4.78, 5) is 13.6. The molecule has 0 aromatic carbocycles. The van der Waals surface area contributed by atoms with E-state index in [1.165, 1.54) is 19.3 Å². The first kappa shape index (κ1) is 9.97. The monoisotopic (exact) mass is 196 g/mol. The van der Waals surface area contributed by atoms with Gasteiger partial charge in [0.25, 0.3) is 0 Å². The summed E-state index contributed by atoms with van der Waals surface area (Å²) in [5, 5.41) is 3.47. The van der Waals surface area contributed by atoms with Crippen molar-refractivity contribution in [1.82, 2.24) is 10.2 Å². The van der Waals surface area contributed by atoms with Crippen molar-refractivity contribution in [3.63, 3.8) is 0 Å². The normalized spacial score (nSPS) is 27.4. The first-order chi connectivity index (χ1) is 6.77. The number of carbonyl (C=O) groups is 1. The van der Waals surface area contributed by atoms with E-state index in [9.17, 15) is 4.79 Å². The number of hydrogen-bond donors (Lipinski definition) is 1. The van der Waals surface area contributed by atoms with Crippen LogP contribution in [0.15, 0.2) is 0 Å². The Kier molecular flexibility index (Phi) is 3.06. The molecule has 1 saturated heterocycles. The number of nitrogens with zero attached hydrogens (tertiary/aromatic N) is 1. The largest absolute Gasteiger partial charge is 0.344 e. The van der Waals surface area contributed by atoms with Crippen LogP contribution in [-0.4, -0.2) is 37.0 Å². The third-order valence-electron chi connectivity index (χ3n) is 3.21. The highest BCUT2D eigenvalue weighted by atomic mass is 16.2. The van der Waals surface area contributed by atoms with E-state index in [0.29, 0.717) is 17.9 Å². The molecule has 1 aliphatic carbocycles. The van der Waals surface area contributed by atoms with Crippen molar-refractivity contribution in [3.8, 4) is 0 Å². The van der Waals surface area contributed by atoms with Crippen LogP contribution in [0.4, 0.5) is 0 Å². The van der Waals surface area contributed by atoms with Crippen LogP contribution in [0.5, 0.6) is 0 Å². The predicted octanol–water partition coefficient (Wildman–Crippen LogP) is 0.997. The van der Waals surface area contributed by atoms with Gasteiger partial charge in [-0.2, -0.15) is 0 Å². The van der Waals surface area contributed by atoms with Crippen LogP contribution in [0.2, 0.25) is 0 Å². The maximum atomic E-state index is 11.7. The standard InChI is InChI=1S/C11H20N2O/c1-13(11(14)9-5-6-9)8-10-4-2-3-7-12-10/h9-10,12H,2-8H2,1H3. The molecule has 14 heavy (non-hydrogen) atoms. The van der Waals surface area contributed by atoms with Gasteiger partial charge < -0.3 is 10.2 Å². The van der Waals surface area contributed by atoms with Crippen molar-refractivity contribution < 1.29 is 4.79 Å². The summed E-state index contributed by atoms with van der Waals surface area (Å²) in [5.74, 6) is 0.723. The zero-order valence-corrected chi connectivity index (χ0v) is 8.96. The molecule has 0 bridgehead atoms. The summed E-state index contributed by atoms with van der Waals surface area (Å²) in [6, 6.07) is 0.538. The molecule has 1 atom stereocenters. The van der Waals surface area contributed by atoms with E-state index in [0.717, 1.165) is 25.9 Å². The summed E-state index contributed by atoms with van der Waals surface area (Å²) in [6.45, 7) is 2.02. The molecule has 80 valence electrons. The Bertz CT molecular complexity index is 207. The lowest BCUT2D eigenvalue weighted by molar-refractivity contribution is -0.131. The molecule has 1 saturated carbocycles. The first-order valence-electron chi connectivity index (χ1n) is 5.76. The van der Waals surface area contributed by atoms with Crippen LogP contribution in [0.25, 0.3) is 0 Å². The number of amides is 1. The molecule has 3 nitrogen and oxygen atoms in total. The fourth-order valence-electron chi connectivity index (χ4n) is 2.14. The Hall–Kier alpha value is -0.570. The van der Waals surface area contributed by atoms with Crippen LogP contribution in [0.3, 0.4) is 0 Å². The van der Waals surface area contributed by atoms with Crippen LogP contribution >= 0.6 is 0 Å². The lowest BCUT2D eigenvalue weighted by Gasteiger charge is -2.28. The number of rotatable bonds is 3. The Morgan fingerprint density at radius 3 is 2.71 bits per heavy atom. The molecule has 2 aliphatic rings. The molecular formula is C11H20N2O. The van der Waals surface area contributed by atoms with Crippen molar-refractivity contribution >= 4 is 5.91 Å². The highest BCUT2D eigenvalue weighted by Gasteiger charge is 2.32. The molecule has 1 N–H and O–H groups in total. The molecule has 0 radical (unpaired) electrons. The number of nitrogens with one attached hydrogen (secondary N) is 1. The van der Waals surface area contributed by atoms with Crippen LogP contribution in [0.1, 0.15) is 32.1 Å². The number of piperidine rings is 1. The quantitative estimate of drug-likeness (QED) is 0.730. The van der Waals surface area contributed by atoms with Crippen LogP contribution in [-0.2, 0) is 4.79 Å². The Morgan fingerprint density at radius 1 is 1.36 bits per heavy atom. The first-order valence-corrected chi connectivity index (χ1v) is 5.76. The van der Waals surface area contributed by atoms with Crippen molar-refractivity contribution in [2.45, 2.75) is 38.1 Å². The van der Waals surface area contributed by atoms with Gasteiger partial charge in [0, 0.05) is 25.6 Å². The van der Waals surface area contributed by atoms with Gasteiger partial charge in [0.05, 0.1) is 0 Å². The molecule has 2 fully saturated rings. The molecule has 1 amide bonds. The molecule has 3 heteroatoms. The van der Waals surface area contributed by atoms with E-state index < -0.39 is 0 Å². The SMILES string of the molecule is CN(CC1CCCCN1)C(=O)C1CC1. The van der Waals surface area contributed by atoms with Gasteiger partial charge in [-0.05, 0) is 32.2 Å². The van der Waals surface area contributed by atoms with Crippen LogP contribution < -0.4 is 5.32 Å². The zero-order chi connectivity index (χ0) is 9.97. The van der Waals surface area contributed by atoms with Crippen LogP contribution in [0, 0.1) is 5.92 Å². The second-order valence-corrected chi connectivity index (χ2v) is 4.64. The van der Waals surface area contributed by atoms with E-state index in [2.05, 4.69) is 5.32 Å². The van der Waals surface area contributed by atoms with Crippen molar-refractivity contribution in [2.24, 2.45) is 5.92 Å². The predicted molar refractivity (Wildman–Crippen MR) is 56.0 cm³/mol. The van der Waals surface area contributed by atoms with Gasteiger partial charge in [-0.3, -0.25) is 4.79 Å². The molecule has 1 heterocycles. The fraction of sp³-hybridized carbons (Fsp3) is 0.909. The summed E-state index contributed by atoms with van der Waals surface area (Å²) < 4.78 is 0. The van der Waals surface area contributed by atoms with E-state index in [-0.39, 0.29) is 0 Å². The molecular weight excluding hydrogens is 176 g/mol. The smallest absolute Gasteiger partial charge is 0.225 e. The van der Waals surface area contributed by atoms with Crippen molar-refractivity contribution in [2.75, 3.05) is 20.1 Å². The molecule has 1 aliphatic heterocycles. The third kappa shape index (κ3) is 2.47. The summed E-state index contributed by atoms with van der Waals surface area (Å²) >= 11 is 0. The summed E-state index contributed by atoms with van der Waals surface area (Å²) in [7, 11) is 1.94. The number of likely N-dealkylation sites (N-methyl/N-ethyl adjacent to an activating group) is 1. The summed E-state index contributed by atoms with van der Waals surface area (Å²) in [5.41, 5.74) is 0. The van der Waals surface area contributed by atoms with Gasteiger partial charge in [-0.1, -0.05) is 6.42 Å². The van der Waals surface area contributed by atoms with Gasteiger partial charge in [-0.15, -0.1) is 0 Å². The molecule has 0 aromatic rings. The highest BCUT2D eigenvalue weighted by molar-refractivity contribution is 5.80. The second kappa shape index (κ2) is 4.30. The van der Waals surface area contributed by atoms with Gasteiger partial charge in [0.15, 0.2) is 0 Å². The Balaban J connectivity index is 1.74. The minimum Gasteiger partial charge on any atom is -0.344 e. The van der Waals surface area contributed by atoms with Gasteiger partial charge in [0.1, 0.15) is 0 Å². The lowest BCUT2D eigenvalue weighted by Crippen LogP contribution is -2.44. The molecule has 2 rings (SSSR count). The molecule has 1 unspecified atom stereocenters. The van der Waals surface area contributed by atoms with E-state index in [1.807, 2.05) is 11.9 Å². The summed E-state index contributed by atoms with van der Waals surface area (Å²) in [6.07, 6.45) is 6.05. The van der Waals surface area contributed by atoms with E-state index >= 15 is 0 Å². The van der Waals surface area contributed by atoms with Gasteiger partial charge in [-0.25, -0.2) is 0 Å². The van der Waals surface area contributed by atoms with Gasteiger partial charge >= 0.3 is 0 Å². The topological polar surface area (TPSA) is 32.3 Å². The Morgan fingerprint density at radius 2 is 2.14 bits per heavy atom. The maximum absolute atomic E-state index is 11.7. The average molecular weight is 196 g/mol. The van der Waals surface area contributed by atoms with Gasteiger partial charge in [0.2, 0.25) is 5.91 Å². The van der Waals surface area contributed by atoms with Crippen molar-refractivity contribution in [1.29, 1.82) is 0 Å². The maximum Gasteiger partial charge on any atom is 0.225 e. The minimum absolute atomic E-state index is 0.359. The Labute approximate surface area is 85.8 Å². The number of hydrogen-bond acceptors (Lipinski definition) is 2. The average Bonchev–Trinajstić information content (AvgIpc) is 3.01. The third-order valence-corrected chi connectivity index (χ3v) is 3.21.